The van der Waals surface area contributed by atoms with Crippen molar-refractivity contribution in [3.05, 3.63) is 66.2 Å². The average molecular weight is 346 g/mol. The molecular formula is C17H18N2O2S2. The van der Waals surface area contributed by atoms with Gasteiger partial charge in [0.15, 0.2) is 5.17 Å². The van der Waals surface area contributed by atoms with Gasteiger partial charge in [-0.3, -0.25) is 0 Å². The standard InChI is InChI=1S/C17H18N2O2S2/c20-23(21,16-10-5-2-6-11-16)18-17-19(12-7-13-22-17)14-15-8-3-1-4-9-15/h1-6,8-11H,7,12-14H2/b18-17-. The van der Waals surface area contributed by atoms with E-state index in [1.165, 1.54) is 11.8 Å². The van der Waals surface area contributed by atoms with E-state index in [1.54, 1.807) is 30.3 Å². The minimum absolute atomic E-state index is 0.235. The van der Waals surface area contributed by atoms with Crippen molar-refractivity contribution in [3.8, 4) is 0 Å². The Morgan fingerprint density at radius 2 is 1.65 bits per heavy atom. The first-order chi connectivity index (χ1) is 11.1. The molecule has 23 heavy (non-hydrogen) atoms. The molecule has 6 heteroatoms. The Kier molecular flexibility index (Phi) is 5.03. The quantitative estimate of drug-likeness (QED) is 0.852. The van der Waals surface area contributed by atoms with Crippen LogP contribution >= 0.6 is 11.8 Å². The molecule has 3 rings (SSSR count). The smallest absolute Gasteiger partial charge is 0.284 e. The van der Waals surface area contributed by atoms with Crippen molar-refractivity contribution in [2.75, 3.05) is 12.3 Å². The SMILES string of the molecule is O=S(=O)(/N=C1\SCCCN1Cc1ccccc1)c1ccccc1. The molecule has 4 nitrogen and oxygen atoms in total. The first-order valence-corrected chi connectivity index (χ1v) is 9.89. The lowest BCUT2D eigenvalue weighted by molar-refractivity contribution is 0.416. The molecule has 0 spiro atoms. The molecule has 2 aromatic carbocycles. The van der Waals surface area contributed by atoms with Gasteiger partial charge in [-0.15, -0.1) is 4.40 Å². The van der Waals surface area contributed by atoms with E-state index in [2.05, 4.69) is 4.40 Å². The molecule has 0 amide bonds. The van der Waals surface area contributed by atoms with E-state index in [-0.39, 0.29) is 4.90 Å². The third kappa shape index (κ3) is 4.14. The van der Waals surface area contributed by atoms with Crippen molar-refractivity contribution in [2.45, 2.75) is 17.9 Å². The van der Waals surface area contributed by atoms with Gasteiger partial charge >= 0.3 is 0 Å². The Morgan fingerprint density at radius 3 is 2.35 bits per heavy atom. The highest BCUT2D eigenvalue weighted by atomic mass is 32.2. The normalized spacial score (nSPS) is 17.4. The largest absolute Gasteiger partial charge is 0.346 e. The highest BCUT2D eigenvalue weighted by molar-refractivity contribution is 8.14. The van der Waals surface area contributed by atoms with Crippen LogP contribution < -0.4 is 0 Å². The van der Waals surface area contributed by atoms with Crippen molar-refractivity contribution in [1.29, 1.82) is 0 Å². The molecule has 0 radical (unpaired) electrons. The van der Waals surface area contributed by atoms with Crippen molar-refractivity contribution in [1.82, 2.24) is 4.90 Å². The second-order valence-corrected chi connectivity index (χ2v) is 7.94. The van der Waals surface area contributed by atoms with Crippen LogP contribution in [0.25, 0.3) is 0 Å². The number of sulfonamides is 1. The molecule has 120 valence electrons. The Morgan fingerprint density at radius 1 is 1.00 bits per heavy atom. The highest BCUT2D eigenvalue weighted by Gasteiger charge is 2.22. The molecule has 0 unspecified atom stereocenters. The number of amidine groups is 1. The highest BCUT2D eigenvalue weighted by Crippen LogP contribution is 2.23. The fraction of sp³-hybridized carbons (Fsp3) is 0.235. The van der Waals surface area contributed by atoms with Gasteiger partial charge in [0.1, 0.15) is 0 Å². The number of nitrogens with zero attached hydrogens (tertiary/aromatic N) is 2. The summed E-state index contributed by atoms with van der Waals surface area (Å²) in [5, 5.41) is 0.587. The summed E-state index contributed by atoms with van der Waals surface area (Å²) in [5.74, 6) is 0.897. The average Bonchev–Trinajstić information content (AvgIpc) is 2.58. The van der Waals surface area contributed by atoms with E-state index in [0.717, 1.165) is 24.3 Å². The number of benzene rings is 2. The van der Waals surface area contributed by atoms with Crippen LogP contribution in [0.1, 0.15) is 12.0 Å². The molecule has 1 heterocycles. The molecule has 1 aliphatic heterocycles. The molecule has 0 atom stereocenters. The molecule has 0 bridgehead atoms. The molecule has 0 aromatic heterocycles. The van der Waals surface area contributed by atoms with Gasteiger partial charge in [-0.2, -0.15) is 8.42 Å². The summed E-state index contributed by atoms with van der Waals surface area (Å²) in [4.78, 5) is 2.28. The Balaban J connectivity index is 1.86. The van der Waals surface area contributed by atoms with Crippen molar-refractivity contribution in [2.24, 2.45) is 4.40 Å². The number of hydrogen-bond donors (Lipinski definition) is 0. The lowest BCUT2D eigenvalue weighted by Gasteiger charge is -2.29. The zero-order valence-electron chi connectivity index (χ0n) is 12.6. The zero-order valence-corrected chi connectivity index (χ0v) is 14.3. The number of hydrogen-bond acceptors (Lipinski definition) is 3. The van der Waals surface area contributed by atoms with Crippen molar-refractivity contribution in [3.63, 3.8) is 0 Å². The molecule has 2 aromatic rings. The fourth-order valence-electron chi connectivity index (χ4n) is 2.39. The summed E-state index contributed by atoms with van der Waals surface area (Å²) in [6.45, 7) is 1.50. The fourth-order valence-corrected chi connectivity index (χ4v) is 4.62. The molecule has 0 aliphatic carbocycles. The molecule has 1 saturated heterocycles. The van der Waals surface area contributed by atoms with E-state index in [9.17, 15) is 8.42 Å². The minimum atomic E-state index is -3.66. The van der Waals surface area contributed by atoms with Crippen LogP contribution in [0, 0.1) is 0 Å². The molecule has 0 N–H and O–H groups in total. The van der Waals surface area contributed by atoms with Crippen LogP contribution in [0.3, 0.4) is 0 Å². The maximum Gasteiger partial charge on any atom is 0.284 e. The van der Waals surface area contributed by atoms with Gasteiger partial charge in [-0.1, -0.05) is 60.3 Å². The maximum absolute atomic E-state index is 12.5. The Hall–Kier alpha value is -1.79. The molecule has 1 aliphatic rings. The lowest BCUT2D eigenvalue weighted by atomic mass is 10.2. The summed E-state index contributed by atoms with van der Waals surface area (Å²) in [7, 11) is -3.66. The van der Waals surface area contributed by atoms with E-state index in [1.807, 2.05) is 35.2 Å². The van der Waals surface area contributed by atoms with Crippen LogP contribution in [0.2, 0.25) is 0 Å². The first kappa shape index (κ1) is 16.1. The molecular weight excluding hydrogens is 328 g/mol. The van der Waals surface area contributed by atoms with Gasteiger partial charge in [-0.25, -0.2) is 0 Å². The Bertz CT molecular complexity index is 775. The second-order valence-electron chi connectivity index (χ2n) is 5.27. The molecule has 0 saturated carbocycles. The van der Waals surface area contributed by atoms with E-state index < -0.39 is 10.0 Å². The number of rotatable bonds is 4. The zero-order chi connectivity index (χ0) is 16.1. The topological polar surface area (TPSA) is 49.7 Å². The van der Waals surface area contributed by atoms with Gasteiger partial charge in [0.05, 0.1) is 4.90 Å². The van der Waals surface area contributed by atoms with Crippen LogP contribution in [-0.2, 0) is 16.6 Å². The second kappa shape index (κ2) is 7.19. The maximum atomic E-state index is 12.5. The van der Waals surface area contributed by atoms with Gasteiger partial charge < -0.3 is 4.90 Å². The van der Waals surface area contributed by atoms with Crippen molar-refractivity contribution < 1.29 is 8.42 Å². The third-order valence-electron chi connectivity index (χ3n) is 3.53. The summed E-state index contributed by atoms with van der Waals surface area (Å²) in [5.41, 5.74) is 1.15. The van der Waals surface area contributed by atoms with Gasteiger partial charge in [-0.05, 0) is 24.1 Å². The first-order valence-electron chi connectivity index (χ1n) is 7.47. The third-order valence-corrected chi connectivity index (χ3v) is 6.03. The summed E-state index contributed by atoms with van der Waals surface area (Å²) < 4.78 is 29.0. The molecule has 1 fully saturated rings. The summed E-state index contributed by atoms with van der Waals surface area (Å²) >= 11 is 1.51. The summed E-state index contributed by atoms with van der Waals surface area (Å²) in [6.07, 6.45) is 1.03. The lowest BCUT2D eigenvalue weighted by Crippen LogP contribution is -2.34. The van der Waals surface area contributed by atoms with E-state index >= 15 is 0 Å². The monoisotopic (exact) mass is 346 g/mol. The Labute approximate surface area is 141 Å². The van der Waals surface area contributed by atoms with Crippen LogP contribution in [0.4, 0.5) is 0 Å². The van der Waals surface area contributed by atoms with Crippen LogP contribution in [0.15, 0.2) is 70.0 Å². The van der Waals surface area contributed by atoms with Gasteiger partial charge in [0.2, 0.25) is 0 Å². The minimum Gasteiger partial charge on any atom is -0.346 e. The van der Waals surface area contributed by atoms with Crippen LogP contribution in [0.5, 0.6) is 0 Å². The van der Waals surface area contributed by atoms with Crippen molar-refractivity contribution >= 4 is 27.0 Å². The van der Waals surface area contributed by atoms with E-state index in [4.69, 9.17) is 0 Å². The van der Waals surface area contributed by atoms with Gasteiger partial charge in [0, 0.05) is 18.8 Å². The van der Waals surface area contributed by atoms with E-state index in [0.29, 0.717) is 11.7 Å². The summed E-state index contributed by atoms with van der Waals surface area (Å²) in [6, 6.07) is 18.4. The predicted molar refractivity (Wildman–Crippen MR) is 95.0 cm³/mol. The number of thioether (sulfide) groups is 1. The predicted octanol–water partition coefficient (Wildman–Crippen LogP) is 3.37. The van der Waals surface area contributed by atoms with Crippen LogP contribution in [-0.4, -0.2) is 30.8 Å². The van der Waals surface area contributed by atoms with Gasteiger partial charge in [0.25, 0.3) is 10.0 Å².